The topological polar surface area (TPSA) is 73.2 Å². The lowest BCUT2D eigenvalue weighted by Crippen LogP contribution is -2.35. The van der Waals surface area contributed by atoms with Crippen LogP contribution in [0.3, 0.4) is 0 Å². The standard InChI is InChI=1S/C16H18ClN3O3/c1-11(20-9-5-8-18-20)16(22)19-14(10-15(21)23-2)12-6-3-4-7-13(12)17/h3-9,11,14H,10H2,1-2H3,(H,19,22). The molecule has 0 spiro atoms. The predicted octanol–water partition coefficient (Wildman–Crippen LogP) is 2.52. The van der Waals surface area contributed by atoms with Gasteiger partial charge in [0.25, 0.3) is 0 Å². The molecule has 1 aromatic carbocycles. The van der Waals surface area contributed by atoms with E-state index in [1.54, 1.807) is 49.6 Å². The van der Waals surface area contributed by atoms with Gasteiger partial charge in [-0.15, -0.1) is 0 Å². The van der Waals surface area contributed by atoms with Gasteiger partial charge in [0.15, 0.2) is 0 Å². The van der Waals surface area contributed by atoms with Crippen molar-refractivity contribution in [2.24, 2.45) is 0 Å². The number of amides is 1. The fourth-order valence-corrected chi connectivity index (χ4v) is 2.44. The molecule has 0 aliphatic carbocycles. The number of halogens is 1. The van der Waals surface area contributed by atoms with E-state index in [2.05, 4.69) is 10.4 Å². The van der Waals surface area contributed by atoms with Crippen molar-refractivity contribution in [3.8, 4) is 0 Å². The van der Waals surface area contributed by atoms with E-state index in [1.165, 1.54) is 11.8 Å². The van der Waals surface area contributed by atoms with Crippen LogP contribution in [0.25, 0.3) is 0 Å². The van der Waals surface area contributed by atoms with Crippen LogP contribution in [-0.2, 0) is 14.3 Å². The predicted molar refractivity (Wildman–Crippen MR) is 85.9 cm³/mol. The zero-order chi connectivity index (χ0) is 16.8. The Hall–Kier alpha value is -2.34. The maximum Gasteiger partial charge on any atom is 0.307 e. The summed E-state index contributed by atoms with van der Waals surface area (Å²) in [6, 6.07) is 7.74. The molecular formula is C16H18ClN3O3. The monoisotopic (exact) mass is 335 g/mol. The number of carbonyl (C=O) groups excluding carboxylic acids is 2. The number of esters is 1. The van der Waals surface area contributed by atoms with Crippen LogP contribution in [0, 0.1) is 0 Å². The number of carbonyl (C=O) groups is 2. The summed E-state index contributed by atoms with van der Waals surface area (Å²) < 4.78 is 6.24. The van der Waals surface area contributed by atoms with Gasteiger partial charge in [-0.3, -0.25) is 14.3 Å². The number of benzene rings is 1. The smallest absolute Gasteiger partial charge is 0.307 e. The highest BCUT2D eigenvalue weighted by atomic mass is 35.5. The number of hydrogen-bond acceptors (Lipinski definition) is 4. The normalized spacial score (nSPS) is 13.2. The molecule has 2 rings (SSSR count). The number of methoxy groups -OCH3 is 1. The molecule has 122 valence electrons. The molecule has 2 atom stereocenters. The van der Waals surface area contributed by atoms with Crippen LogP contribution >= 0.6 is 11.6 Å². The molecule has 2 aromatic rings. The first-order chi connectivity index (χ1) is 11.0. The van der Waals surface area contributed by atoms with Gasteiger partial charge in [0.2, 0.25) is 5.91 Å². The third-order valence-corrected chi connectivity index (χ3v) is 3.84. The van der Waals surface area contributed by atoms with Gasteiger partial charge in [0.1, 0.15) is 6.04 Å². The van der Waals surface area contributed by atoms with E-state index in [1.807, 2.05) is 0 Å². The van der Waals surface area contributed by atoms with Gasteiger partial charge in [-0.05, 0) is 24.6 Å². The third kappa shape index (κ3) is 4.32. The van der Waals surface area contributed by atoms with Gasteiger partial charge in [0.05, 0.1) is 19.6 Å². The second-order valence-electron chi connectivity index (χ2n) is 5.02. The Morgan fingerprint density at radius 1 is 1.35 bits per heavy atom. The first-order valence-corrected chi connectivity index (χ1v) is 7.51. The zero-order valence-corrected chi connectivity index (χ0v) is 13.7. The number of hydrogen-bond donors (Lipinski definition) is 1. The molecule has 0 saturated heterocycles. The summed E-state index contributed by atoms with van der Waals surface area (Å²) >= 11 is 6.19. The molecule has 0 saturated carbocycles. The first kappa shape index (κ1) is 17.0. The van der Waals surface area contributed by atoms with E-state index in [4.69, 9.17) is 16.3 Å². The van der Waals surface area contributed by atoms with Crippen LogP contribution in [0.1, 0.15) is 31.0 Å². The number of ether oxygens (including phenoxy) is 1. The Balaban J connectivity index is 2.19. The van der Waals surface area contributed by atoms with Crippen LogP contribution in [0.2, 0.25) is 5.02 Å². The highest BCUT2D eigenvalue weighted by Gasteiger charge is 2.24. The lowest BCUT2D eigenvalue weighted by Gasteiger charge is -2.21. The Labute approximate surface area is 139 Å². The lowest BCUT2D eigenvalue weighted by atomic mass is 10.0. The second kappa shape index (κ2) is 7.78. The molecule has 0 aliphatic rings. The summed E-state index contributed by atoms with van der Waals surface area (Å²) in [5.74, 6) is -0.690. The SMILES string of the molecule is COC(=O)CC(NC(=O)C(C)n1cccn1)c1ccccc1Cl. The molecule has 1 amide bonds. The van der Waals surface area contributed by atoms with Crippen molar-refractivity contribution in [3.63, 3.8) is 0 Å². The minimum Gasteiger partial charge on any atom is -0.469 e. The fraction of sp³-hybridized carbons (Fsp3) is 0.312. The van der Waals surface area contributed by atoms with Crippen molar-refractivity contribution < 1.29 is 14.3 Å². The number of nitrogens with one attached hydrogen (secondary N) is 1. The average Bonchev–Trinajstić information content (AvgIpc) is 3.08. The van der Waals surface area contributed by atoms with Crippen LogP contribution < -0.4 is 5.32 Å². The lowest BCUT2D eigenvalue weighted by molar-refractivity contribution is -0.141. The van der Waals surface area contributed by atoms with Gasteiger partial charge in [-0.25, -0.2) is 0 Å². The summed E-state index contributed by atoms with van der Waals surface area (Å²) in [5.41, 5.74) is 0.667. The van der Waals surface area contributed by atoms with Crippen LogP contribution in [0.4, 0.5) is 0 Å². The molecule has 0 aliphatic heterocycles. The Bertz CT molecular complexity index is 673. The highest BCUT2D eigenvalue weighted by Crippen LogP contribution is 2.26. The van der Waals surface area contributed by atoms with Crippen molar-refractivity contribution in [2.45, 2.75) is 25.4 Å². The molecule has 7 heteroatoms. The van der Waals surface area contributed by atoms with E-state index in [0.29, 0.717) is 10.6 Å². The van der Waals surface area contributed by atoms with E-state index in [-0.39, 0.29) is 12.3 Å². The van der Waals surface area contributed by atoms with E-state index in [9.17, 15) is 9.59 Å². The average molecular weight is 336 g/mol. The zero-order valence-electron chi connectivity index (χ0n) is 12.9. The van der Waals surface area contributed by atoms with Crippen molar-refractivity contribution in [3.05, 3.63) is 53.3 Å². The minimum absolute atomic E-state index is 0.00218. The van der Waals surface area contributed by atoms with E-state index in [0.717, 1.165) is 0 Å². The van der Waals surface area contributed by atoms with Crippen molar-refractivity contribution in [2.75, 3.05) is 7.11 Å². The molecule has 0 fully saturated rings. The van der Waals surface area contributed by atoms with E-state index < -0.39 is 18.1 Å². The Morgan fingerprint density at radius 3 is 2.70 bits per heavy atom. The molecule has 23 heavy (non-hydrogen) atoms. The molecule has 1 heterocycles. The molecule has 6 nitrogen and oxygen atoms in total. The van der Waals surface area contributed by atoms with Gasteiger partial charge in [-0.2, -0.15) is 5.10 Å². The van der Waals surface area contributed by atoms with Crippen molar-refractivity contribution >= 4 is 23.5 Å². The summed E-state index contributed by atoms with van der Waals surface area (Å²) in [6.07, 6.45) is 3.30. The molecule has 0 radical (unpaired) electrons. The maximum atomic E-state index is 12.4. The molecule has 2 unspecified atom stereocenters. The van der Waals surface area contributed by atoms with Gasteiger partial charge in [-0.1, -0.05) is 29.8 Å². The van der Waals surface area contributed by atoms with Crippen molar-refractivity contribution in [1.82, 2.24) is 15.1 Å². The molecule has 1 N–H and O–H groups in total. The summed E-state index contributed by atoms with van der Waals surface area (Å²) in [7, 11) is 1.31. The second-order valence-corrected chi connectivity index (χ2v) is 5.43. The summed E-state index contributed by atoms with van der Waals surface area (Å²) in [6.45, 7) is 1.73. The van der Waals surface area contributed by atoms with Gasteiger partial charge < -0.3 is 10.1 Å². The Morgan fingerprint density at radius 2 is 2.09 bits per heavy atom. The highest BCUT2D eigenvalue weighted by molar-refractivity contribution is 6.31. The van der Waals surface area contributed by atoms with Gasteiger partial charge in [0, 0.05) is 17.4 Å². The van der Waals surface area contributed by atoms with Crippen LogP contribution in [0.15, 0.2) is 42.7 Å². The summed E-state index contributed by atoms with van der Waals surface area (Å²) in [5, 5.41) is 7.37. The number of aromatic nitrogens is 2. The maximum absolute atomic E-state index is 12.4. The van der Waals surface area contributed by atoms with Crippen molar-refractivity contribution in [1.29, 1.82) is 0 Å². The van der Waals surface area contributed by atoms with Crippen LogP contribution in [0.5, 0.6) is 0 Å². The van der Waals surface area contributed by atoms with Gasteiger partial charge >= 0.3 is 5.97 Å². The quantitative estimate of drug-likeness (QED) is 0.823. The first-order valence-electron chi connectivity index (χ1n) is 7.13. The number of rotatable bonds is 6. The minimum atomic E-state index is -0.568. The fourth-order valence-electron chi connectivity index (χ4n) is 2.17. The van der Waals surface area contributed by atoms with Crippen LogP contribution in [-0.4, -0.2) is 28.8 Å². The molecular weight excluding hydrogens is 318 g/mol. The molecule has 0 bridgehead atoms. The summed E-state index contributed by atoms with van der Waals surface area (Å²) in [4.78, 5) is 24.1. The van der Waals surface area contributed by atoms with E-state index >= 15 is 0 Å². The number of nitrogens with zero attached hydrogens (tertiary/aromatic N) is 2. The Kier molecular flexibility index (Phi) is 5.76. The largest absolute Gasteiger partial charge is 0.469 e. The molecule has 1 aromatic heterocycles. The third-order valence-electron chi connectivity index (χ3n) is 3.50.